The van der Waals surface area contributed by atoms with Gasteiger partial charge in [0.25, 0.3) is 0 Å². The largest absolute Gasteiger partial charge is 0.454 e. The summed E-state index contributed by atoms with van der Waals surface area (Å²) in [5.41, 5.74) is -0.124. The molecule has 0 unspecified atom stereocenters. The molecule has 0 saturated carbocycles. The fraction of sp³-hybridized carbons (Fsp3) is 0.500. The predicted octanol–water partition coefficient (Wildman–Crippen LogP) is 2.59. The van der Waals surface area contributed by atoms with Crippen LogP contribution >= 0.6 is 0 Å². The summed E-state index contributed by atoms with van der Waals surface area (Å²) in [5, 5.41) is 10.9. The number of carbonyl (C=O) groups excluding carboxylic acids is 2. The van der Waals surface area contributed by atoms with E-state index < -0.39 is 40.7 Å². The Hall–Kier alpha value is -2.24. The Morgan fingerprint density at radius 1 is 1.23 bits per heavy atom. The highest BCUT2D eigenvalue weighted by Crippen LogP contribution is 2.26. The van der Waals surface area contributed by atoms with Gasteiger partial charge in [0.2, 0.25) is 12.3 Å². The SMILES string of the molecule is C[C@H](C(=O)C(=O)OC(C)(C)C)[C@H](C[N+](=O)[O-])c1ccccc1. The summed E-state index contributed by atoms with van der Waals surface area (Å²) in [4.78, 5) is 34.5. The number of benzene rings is 1. The molecule has 1 rings (SSSR count). The van der Waals surface area contributed by atoms with Crippen LogP contribution in [-0.4, -0.2) is 28.8 Å². The average molecular weight is 307 g/mol. The lowest BCUT2D eigenvalue weighted by molar-refractivity contribution is -0.484. The van der Waals surface area contributed by atoms with Gasteiger partial charge in [-0.2, -0.15) is 0 Å². The Bertz CT molecular complexity index is 547. The Kier molecular flexibility index (Phi) is 5.79. The first-order chi connectivity index (χ1) is 10.1. The first-order valence-electron chi connectivity index (χ1n) is 7.05. The zero-order valence-corrected chi connectivity index (χ0v) is 13.2. The molecular formula is C16H21NO5. The third kappa shape index (κ3) is 5.27. The molecule has 0 aliphatic rings. The first-order valence-corrected chi connectivity index (χ1v) is 7.05. The van der Waals surface area contributed by atoms with Gasteiger partial charge in [-0.3, -0.25) is 14.9 Å². The molecule has 0 saturated heterocycles. The summed E-state index contributed by atoms with van der Waals surface area (Å²) in [6.07, 6.45) is 0. The Balaban J connectivity index is 2.97. The molecule has 6 heteroatoms. The van der Waals surface area contributed by atoms with Gasteiger partial charge in [0.1, 0.15) is 5.60 Å². The predicted molar refractivity (Wildman–Crippen MR) is 81.1 cm³/mol. The van der Waals surface area contributed by atoms with Crippen molar-refractivity contribution in [3.05, 3.63) is 46.0 Å². The highest BCUT2D eigenvalue weighted by atomic mass is 16.6. The lowest BCUT2D eigenvalue weighted by atomic mass is 9.84. The van der Waals surface area contributed by atoms with Gasteiger partial charge in [0, 0.05) is 10.8 Å². The standard InChI is InChI=1S/C16H21NO5/c1-11(14(18)15(19)22-16(2,3)4)13(10-17(20)21)12-8-6-5-7-9-12/h5-9,11,13H,10H2,1-4H3/t11-,13-/m0/s1. The fourth-order valence-electron chi connectivity index (χ4n) is 2.11. The lowest BCUT2D eigenvalue weighted by Gasteiger charge is -2.23. The van der Waals surface area contributed by atoms with Gasteiger partial charge in [0.15, 0.2) is 0 Å². The number of rotatable bonds is 6. The molecule has 0 bridgehead atoms. The number of hydrogen-bond acceptors (Lipinski definition) is 5. The van der Waals surface area contributed by atoms with Crippen LogP contribution in [0.15, 0.2) is 30.3 Å². The van der Waals surface area contributed by atoms with Crippen LogP contribution in [0, 0.1) is 16.0 Å². The summed E-state index contributed by atoms with van der Waals surface area (Å²) in [7, 11) is 0. The maximum atomic E-state index is 12.2. The van der Waals surface area contributed by atoms with Crippen molar-refractivity contribution in [1.82, 2.24) is 0 Å². The van der Waals surface area contributed by atoms with Crippen molar-refractivity contribution in [1.29, 1.82) is 0 Å². The maximum Gasteiger partial charge on any atom is 0.375 e. The molecule has 6 nitrogen and oxygen atoms in total. The molecule has 0 fully saturated rings. The van der Waals surface area contributed by atoms with Crippen LogP contribution in [-0.2, 0) is 14.3 Å². The van der Waals surface area contributed by atoms with E-state index in [1.54, 1.807) is 51.1 Å². The fourth-order valence-corrected chi connectivity index (χ4v) is 2.11. The van der Waals surface area contributed by atoms with E-state index in [-0.39, 0.29) is 0 Å². The van der Waals surface area contributed by atoms with Gasteiger partial charge in [-0.1, -0.05) is 37.3 Å². The molecule has 0 aromatic heterocycles. The van der Waals surface area contributed by atoms with Crippen LogP contribution in [0.2, 0.25) is 0 Å². The van der Waals surface area contributed by atoms with Gasteiger partial charge in [-0.25, -0.2) is 4.79 Å². The zero-order valence-electron chi connectivity index (χ0n) is 13.2. The minimum atomic E-state index is -0.954. The first kappa shape index (κ1) is 17.8. The molecule has 0 aliphatic carbocycles. The van der Waals surface area contributed by atoms with E-state index in [2.05, 4.69) is 0 Å². The van der Waals surface area contributed by atoms with Gasteiger partial charge in [-0.15, -0.1) is 0 Å². The smallest absolute Gasteiger partial charge is 0.375 e. The lowest BCUT2D eigenvalue weighted by Crippen LogP contribution is -2.35. The van der Waals surface area contributed by atoms with Crippen molar-refractivity contribution < 1.29 is 19.2 Å². The minimum Gasteiger partial charge on any atom is -0.454 e. The quantitative estimate of drug-likeness (QED) is 0.349. The van der Waals surface area contributed by atoms with Crippen LogP contribution in [0.25, 0.3) is 0 Å². The maximum absolute atomic E-state index is 12.2. The normalized spacial score (nSPS) is 14.0. The number of ether oxygens (including phenoxy) is 1. The molecular weight excluding hydrogens is 286 g/mol. The van der Waals surface area contributed by atoms with Crippen molar-refractivity contribution in [3.63, 3.8) is 0 Å². The molecule has 120 valence electrons. The average Bonchev–Trinajstić information content (AvgIpc) is 2.42. The molecule has 22 heavy (non-hydrogen) atoms. The topological polar surface area (TPSA) is 86.5 Å². The number of esters is 1. The van der Waals surface area contributed by atoms with Crippen LogP contribution in [0.1, 0.15) is 39.2 Å². The van der Waals surface area contributed by atoms with E-state index in [4.69, 9.17) is 4.74 Å². The summed E-state index contributed by atoms with van der Waals surface area (Å²) in [6.45, 7) is 6.09. The third-order valence-electron chi connectivity index (χ3n) is 3.19. The monoisotopic (exact) mass is 307 g/mol. The number of carbonyl (C=O) groups is 2. The summed E-state index contributed by atoms with van der Waals surface area (Å²) in [6, 6.07) is 8.70. The van der Waals surface area contributed by atoms with Crippen molar-refractivity contribution in [2.75, 3.05) is 6.54 Å². The molecule has 0 radical (unpaired) electrons. The van der Waals surface area contributed by atoms with Gasteiger partial charge in [-0.05, 0) is 26.3 Å². The Morgan fingerprint density at radius 2 is 1.77 bits per heavy atom. The number of Topliss-reactive ketones (excluding diaryl/α,β-unsaturated/α-hetero) is 1. The van der Waals surface area contributed by atoms with Crippen LogP contribution in [0.3, 0.4) is 0 Å². The summed E-state index contributed by atoms with van der Waals surface area (Å²) >= 11 is 0. The second kappa shape index (κ2) is 7.15. The van der Waals surface area contributed by atoms with Gasteiger partial charge >= 0.3 is 5.97 Å². The van der Waals surface area contributed by atoms with E-state index >= 15 is 0 Å². The van der Waals surface area contributed by atoms with Crippen molar-refractivity contribution in [2.24, 2.45) is 5.92 Å². The highest BCUT2D eigenvalue weighted by Gasteiger charge is 2.35. The van der Waals surface area contributed by atoms with Gasteiger partial charge in [0.05, 0.1) is 5.92 Å². The molecule has 0 spiro atoms. The number of ketones is 1. The van der Waals surface area contributed by atoms with Crippen LogP contribution < -0.4 is 0 Å². The molecule has 1 aromatic rings. The highest BCUT2D eigenvalue weighted by molar-refractivity contribution is 6.34. The number of nitrogens with zero attached hydrogens (tertiary/aromatic N) is 1. The van der Waals surface area contributed by atoms with E-state index in [1.165, 1.54) is 6.92 Å². The molecule has 0 heterocycles. The number of hydrogen-bond donors (Lipinski definition) is 0. The second-order valence-corrected chi connectivity index (χ2v) is 6.19. The van der Waals surface area contributed by atoms with Crippen LogP contribution in [0.5, 0.6) is 0 Å². The van der Waals surface area contributed by atoms with E-state index in [9.17, 15) is 19.7 Å². The molecule has 0 N–H and O–H groups in total. The van der Waals surface area contributed by atoms with Gasteiger partial charge < -0.3 is 4.74 Å². The number of nitro groups is 1. The second-order valence-electron chi connectivity index (χ2n) is 6.19. The molecule has 0 aliphatic heterocycles. The van der Waals surface area contributed by atoms with Crippen molar-refractivity contribution in [2.45, 2.75) is 39.2 Å². The van der Waals surface area contributed by atoms with Crippen LogP contribution in [0.4, 0.5) is 0 Å². The third-order valence-corrected chi connectivity index (χ3v) is 3.19. The molecule has 1 aromatic carbocycles. The van der Waals surface area contributed by atoms with E-state index in [0.29, 0.717) is 5.56 Å². The summed E-state index contributed by atoms with van der Waals surface area (Å²) in [5.74, 6) is -3.20. The minimum absolute atomic E-state index is 0.417. The van der Waals surface area contributed by atoms with Crippen molar-refractivity contribution >= 4 is 11.8 Å². The van der Waals surface area contributed by atoms with E-state index in [1.807, 2.05) is 0 Å². The Morgan fingerprint density at radius 3 is 2.23 bits per heavy atom. The zero-order chi connectivity index (χ0) is 16.9. The Labute approximate surface area is 129 Å². The van der Waals surface area contributed by atoms with E-state index in [0.717, 1.165) is 0 Å². The molecule has 2 atom stereocenters. The summed E-state index contributed by atoms with van der Waals surface area (Å²) < 4.78 is 5.05. The van der Waals surface area contributed by atoms with Crippen molar-refractivity contribution in [3.8, 4) is 0 Å². The molecule has 0 amide bonds.